The monoisotopic (exact) mass is 303 g/mol. The number of halogens is 1. The second-order valence-corrected chi connectivity index (χ2v) is 4.81. The molecule has 2 rings (SSSR count). The number of hydrogen-bond donors (Lipinski definition) is 1. The minimum atomic E-state index is -1.26. The van der Waals surface area contributed by atoms with Crippen LogP contribution in [-0.4, -0.2) is 52.4 Å². The zero-order valence-electron chi connectivity index (χ0n) is 11.7. The maximum atomic E-state index is 13.9. The van der Waals surface area contributed by atoms with Gasteiger partial charge in [0.25, 0.3) is 0 Å². The fourth-order valence-electron chi connectivity index (χ4n) is 2.31. The number of alkyl halides is 1. The van der Waals surface area contributed by atoms with E-state index in [-0.39, 0.29) is 37.1 Å². The molecule has 118 valence electrons. The molecule has 1 fully saturated rings. The highest BCUT2D eigenvalue weighted by Crippen LogP contribution is 2.34. The van der Waals surface area contributed by atoms with E-state index in [0.29, 0.717) is 19.4 Å². The average molecular weight is 303 g/mol. The summed E-state index contributed by atoms with van der Waals surface area (Å²) in [5, 5.41) is 23.9. The number of aromatic nitrogens is 2. The molecule has 0 saturated carbocycles. The lowest BCUT2D eigenvalue weighted by atomic mass is 10.1. The average Bonchev–Trinajstić information content (AvgIpc) is 2.76. The minimum absolute atomic E-state index is 0.0432. The number of nitro groups is 1. The molecule has 0 aromatic carbocycles. The lowest BCUT2D eigenvalue weighted by molar-refractivity contribution is -0.386. The molecule has 2 atom stereocenters. The van der Waals surface area contributed by atoms with Crippen LogP contribution in [-0.2, 0) is 4.74 Å². The van der Waals surface area contributed by atoms with Crippen molar-refractivity contribution in [1.82, 2.24) is 9.78 Å². The molecule has 2 heterocycles. The molecule has 21 heavy (non-hydrogen) atoms. The van der Waals surface area contributed by atoms with E-state index < -0.39 is 17.1 Å². The highest BCUT2D eigenvalue weighted by Gasteiger charge is 2.34. The van der Waals surface area contributed by atoms with Crippen LogP contribution in [0.25, 0.3) is 0 Å². The van der Waals surface area contributed by atoms with Crippen LogP contribution in [0.2, 0.25) is 0 Å². The molecule has 1 aliphatic heterocycles. The van der Waals surface area contributed by atoms with Crippen molar-refractivity contribution in [3.63, 3.8) is 0 Å². The van der Waals surface area contributed by atoms with Crippen molar-refractivity contribution in [3.8, 4) is 5.88 Å². The number of nitrogens with zero attached hydrogens (tertiary/aromatic N) is 3. The second kappa shape index (κ2) is 6.81. The van der Waals surface area contributed by atoms with Gasteiger partial charge in [-0.3, -0.25) is 14.8 Å². The van der Waals surface area contributed by atoms with E-state index in [4.69, 9.17) is 14.6 Å². The third kappa shape index (κ3) is 3.30. The Balaban J connectivity index is 2.29. The molecular weight excluding hydrogens is 285 g/mol. The van der Waals surface area contributed by atoms with Crippen molar-refractivity contribution in [3.05, 3.63) is 15.8 Å². The largest absolute Gasteiger partial charge is 0.472 e. The minimum Gasteiger partial charge on any atom is -0.472 e. The summed E-state index contributed by atoms with van der Waals surface area (Å²) in [6.07, 6.45) is -0.523. The Labute approximate surface area is 120 Å². The molecule has 0 bridgehead atoms. The summed E-state index contributed by atoms with van der Waals surface area (Å²) in [5.74, 6) is -0.135. The molecule has 1 aromatic heterocycles. The van der Waals surface area contributed by atoms with Gasteiger partial charge in [0.05, 0.1) is 24.2 Å². The first-order chi connectivity index (χ1) is 10.1. The van der Waals surface area contributed by atoms with Crippen LogP contribution >= 0.6 is 0 Å². The summed E-state index contributed by atoms with van der Waals surface area (Å²) < 4.78 is 25.5. The Morgan fingerprint density at radius 3 is 3.05 bits per heavy atom. The highest BCUT2D eigenvalue weighted by atomic mass is 19.1. The van der Waals surface area contributed by atoms with Gasteiger partial charge >= 0.3 is 11.6 Å². The SMILES string of the molecule is Cc1c([N+](=O)[O-])c(OCCCO)nn1C1CCOC[C@@H]1F. The van der Waals surface area contributed by atoms with Crippen LogP contribution in [0.4, 0.5) is 10.1 Å². The van der Waals surface area contributed by atoms with Crippen molar-refractivity contribution < 1.29 is 23.9 Å². The summed E-state index contributed by atoms with van der Waals surface area (Å²) in [4.78, 5) is 10.6. The van der Waals surface area contributed by atoms with Gasteiger partial charge < -0.3 is 14.6 Å². The molecule has 1 aromatic rings. The molecule has 0 spiro atoms. The van der Waals surface area contributed by atoms with E-state index in [9.17, 15) is 14.5 Å². The van der Waals surface area contributed by atoms with Gasteiger partial charge in [0.15, 0.2) is 0 Å². The van der Waals surface area contributed by atoms with E-state index in [1.165, 1.54) is 11.6 Å². The number of aliphatic hydroxyl groups is 1. The van der Waals surface area contributed by atoms with Gasteiger partial charge in [-0.05, 0) is 13.3 Å². The van der Waals surface area contributed by atoms with Crippen LogP contribution < -0.4 is 4.74 Å². The molecular formula is C12H18FN3O5. The van der Waals surface area contributed by atoms with Gasteiger partial charge in [0, 0.05) is 19.6 Å². The Bertz CT molecular complexity index is 507. The van der Waals surface area contributed by atoms with E-state index in [0.717, 1.165) is 0 Å². The Morgan fingerprint density at radius 1 is 1.67 bits per heavy atom. The van der Waals surface area contributed by atoms with Crippen molar-refractivity contribution >= 4 is 5.69 Å². The van der Waals surface area contributed by atoms with Gasteiger partial charge in [-0.2, -0.15) is 0 Å². The van der Waals surface area contributed by atoms with Gasteiger partial charge in [-0.25, -0.2) is 4.39 Å². The molecule has 0 aliphatic carbocycles. The van der Waals surface area contributed by atoms with Gasteiger partial charge in [0.1, 0.15) is 11.9 Å². The third-order valence-electron chi connectivity index (χ3n) is 3.38. The Hall–Kier alpha value is -1.74. The molecule has 0 radical (unpaired) electrons. The fourth-order valence-corrected chi connectivity index (χ4v) is 2.31. The van der Waals surface area contributed by atoms with Crippen molar-refractivity contribution in [2.24, 2.45) is 0 Å². The fraction of sp³-hybridized carbons (Fsp3) is 0.750. The van der Waals surface area contributed by atoms with Crippen molar-refractivity contribution in [2.75, 3.05) is 26.4 Å². The number of rotatable bonds is 6. The van der Waals surface area contributed by atoms with Crippen LogP contribution in [0.15, 0.2) is 0 Å². The van der Waals surface area contributed by atoms with E-state index in [1.54, 1.807) is 0 Å². The van der Waals surface area contributed by atoms with Crippen molar-refractivity contribution in [1.29, 1.82) is 0 Å². The van der Waals surface area contributed by atoms with Gasteiger partial charge in [-0.15, -0.1) is 5.10 Å². The molecule has 1 unspecified atom stereocenters. The molecule has 9 heteroatoms. The first-order valence-electron chi connectivity index (χ1n) is 6.75. The first-order valence-corrected chi connectivity index (χ1v) is 6.75. The van der Waals surface area contributed by atoms with Gasteiger partial charge in [-0.1, -0.05) is 0 Å². The zero-order chi connectivity index (χ0) is 15.4. The van der Waals surface area contributed by atoms with Crippen LogP contribution in [0, 0.1) is 17.0 Å². The Morgan fingerprint density at radius 2 is 2.43 bits per heavy atom. The summed E-state index contributed by atoms with van der Waals surface area (Å²) >= 11 is 0. The highest BCUT2D eigenvalue weighted by molar-refractivity contribution is 5.45. The standard InChI is InChI=1S/C12H18FN3O5/c1-8-11(16(18)19)12(21-5-2-4-17)14-15(8)10-3-6-20-7-9(10)13/h9-10,17H,2-7H2,1H3/t9-,10?/m0/s1. The summed E-state index contributed by atoms with van der Waals surface area (Å²) in [7, 11) is 0. The molecule has 8 nitrogen and oxygen atoms in total. The zero-order valence-corrected chi connectivity index (χ0v) is 11.7. The Kier molecular flexibility index (Phi) is 5.07. The molecule has 1 saturated heterocycles. The smallest absolute Gasteiger partial charge is 0.352 e. The van der Waals surface area contributed by atoms with Crippen LogP contribution in [0.3, 0.4) is 0 Å². The van der Waals surface area contributed by atoms with E-state index in [1.807, 2.05) is 0 Å². The number of hydrogen-bond acceptors (Lipinski definition) is 6. The summed E-state index contributed by atoms with van der Waals surface area (Å²) in [6.45, 7) is 1.89. The molecule has 1 N–H and O–H groups in total. The topological polar surface area (TPSA) is 99.7 Å². The molecule has 1 aliphatic rings. The number of aliphatic hydroxyl groups excluding tert-OH is 1. The normalized spacial score (nSPS) is 22.2. The molecule has 0 amide bonds. The van der Waals surface area contributed by atoms with Crippen LogP contribution in [0.5, 0.6) is 5.88 Å². The maximum absolute atomic E-state index is 13.9. The first kappa shape index (κ1) is 15.6. The van der Waals surface area contributed by atoms with E-state index in [2.05, 4.69) is 5.10 Å². The summed E-state index contributed by atoms with van der Waals surface area (Å²) in [6, 6.07) is -0.590. The quantitative estimate of drug-likeness (QED) is 0.481. The van der Waals surface area contributed by atoms with Gasteiger partial charge in [0.2, 0.25) is 0 Å². The maximum Gasteiger partial charge on any atom is 0.352 e. The van der Waals surface area contributed by atoms with Crippen molar-refractivity contribution in [2.45, 2.75) is 32.0 Å². The lowest BCUT2D eigenvalue weighted by Gasteiger charge is -2.26. The summed E-state index contributed by atoms with van der Waals surface area (Å²) in [5.41, 5.74) is 0.000167. The van der Waals surface area contributed by atoms with E-state index >= 15 is 0 Å². The predicted octanol–water partition coefficient (Wildman–Crippen LogP) is 1.16. The number of ether oxygens (including phenoxy) is 2. The third-order valence-corrected chi connectivity index (χ3v) is 3.38. The van der Waals surface area contributed by atoms with Crippen LogP contribution in [0.1, 0.15) is 24.6 Å². The lowest BCUT2D eigenvalue weighted by Crippen LogP contribution is -2.32. The second-order valence-electron chi connectivity index (χ2n) is 4.81. The predicted molar refractivity (Wildman–Crippen MR) is 70.2 cm³/mol.